The van der Waals surface area contributed by atoms with Gasteiger partial charge in [-0.15, -0.1) is 0 Å². The fraction of sp³-hybridized carbons (Fsp3) is 0.458. The van der Waals surface area contributed by atoms with Crippen LogP contribution < -0.4 is 15.5 Å². The average Bonchev–Trinajstić information content (AvgIpc) is 3.15. The first kappa shape index (κ1) is 21.2. The molecule has 7 nitrogen and oxygen atoms in total. The van der Waals surface area contributed by atoms with Gasteiger partial charge in [-0.25, -0.2) is 5.43 Å². The molecule has 0 saturated heterocycles. The Morgan fingerprint density at radius 3 is 2.65 bits per heavy atom. The van der Waals surface area contributed by atoms with Crippen molar-refractivity contribution in [2.45, 2.75) is 64.3 Å². The van der Waals surface area contributed by atoms with E-state index in [1.807, 2.05) is 25.1 Å². The summed E-state index contributed by atoms with van der Waals surface area (Å²) in [5.74, 6) is 1.28. The fourth-order valence-corrected chi connectivity index (χ4v) is 4.32. The Bertz CT molecular complexity index is 959. The minimum Gasteiger partial charge on any atom is -0.484 e. The highest BCUT2D eigenvalue weighted by Crippen LogP contribution is 2.30. The molecular formula is C24H29N3O4. The van der Waals surface area contributed by atoms with Gasteiger partial charge in [0.25, 0.3) is 11.8 Å². The van der Waals surface area contributed by atoms with Crippen LogP contribution in [0.1, 0.15) is 72.4 Å². The molecule has 7 heteroatoms. The van der Waals surface area contributed by atoms with Crippen molar-refractivity contribution in [1.82, 2.24) is 10.7 Å². The summed E-state index contributed by atoms with van der Waals surface area (Å²) in [6, 6.07) is 9.39. The van der Waals surface area contributed by atoms with E-state index < -0.39 is 0 Å². The van der Waals surface area contributed by atoms with E-state index in [2.05, 4.69) is 15.8 Å². The van der Waals surface area contributed by atoms with E-state index in [1.54, 1.807) is 12.1 Å². The summed E-state index contributed by atoms with van der Waals surface area (Å²) in [6.45, 7) is 1.77. The highest BCUT2D eigenvalue weighted by molar-refractivity contribution is 6.06. The largest absolute Gasteiger partial charge is 0.484 e. The smallest absolute Gasteiger partial charge is 0.287 e. The number of rotatable bonds is 6. The zero-order valence-electron chi connectivity index (χ0n) is 17.9. The molecule has 0 atom stereocenters. The molecule has 164 valence electrons. The zero-order chi connectivity index (χ0) is 21.6. The third-order valence-electron chi connectivity index (χ3n) is 5.90. The molecule has 1 aromatic carbocycles. The Morgan fingerprint density at radius 2 is 1.87 bits per heavy atom. The van der Waals surface area contributed by atoms with Crippen molar-refractivity contribution in [3.8, 4) is 5.75 Å². The number of hydrogen-bond donors (Lipinski definition) is 2. The number of hydrazone groups is 1. The summed E-state index contributed by atoms with van der Waals surface area (Å²) in [6.07, 6.45) is 7.94. The number of amides is 2. The Hall–Kier alpha value is -3.09. The van der Waals surface area contributed by atoms with Crippen LogP contribution in [0.15, 0.2) is 39.9 Å². The molecule has 2 aliphatic carbocycles. The molecule has 0 radical (unpaired) electrons. The number of nitrogens with one attached hydrogen (secondary N) is 2. The third kappa shape index (κ3) is 5.16. The van der Waals surface area contributed by atoms with Crippen LogP contribution in [-0.2, 0) is 11.2 Å². The van der Waals surface area contributed by atoms with Crippen molar-refractivity contribution in [1.29, 1.82) is 0 Å². The first-order valence-corrected chi connectivity index (χ1v) is 11.1. The molecule has 1 aromatic heterocycles. The van der Waals surface area contributed by atoms with Crippen molar-refractivity contribution in [2.75, 3.05) is 6.61 Å². The van der Waals surface area contributed by atoms with Gasteiger partial charge in [-0.05, 0) is 44.7 Å². The second-order valence-corrected chi connectivity index (χ2v) is 8.21. The van der Waals surface area contributed by atoms with E-state index in [1.165, 1.54) is 6.42 Å². The van der Waals surface area contributed by atoms with Crippen molar-refractivity contribution in [3.05, 3.63) is 53.0 Å². The quantitative estimate of drug-likeness (QED) is 0.690. The van der Waals surface area contributed by atoms with Crippen molar-refractivity contribution in [2.24, 2.45) is 5.10 Å². The van der Waals surface area contributed by atoms with E-state index >= 15 is 0 Å². The molecule has 0 aliphatic heterocycles. The Morgan fingerprint density at radius 1 is 1.10 bits per heavy atom. The van der Waals surface area contributed by atoms with Gasteiger partial charge in [-0.1, -0.05) is 37.5 Å². The topological polar surface area (TPSA) is 92.9 Å². The lowest BCUT2D eigenvalue weighted by Gasteiger charge is -2.22. The molecular weight excluding hydrogens is 394 g/mol. The van der Waals surface area contributed by atoms with Gasteiger partial charge in [0.15, 0.2) is 12.4 Å². The summed E-state index contributed by atoms with van der Waals surface area (Å²) in [5, 5.41) is 7.45. The summed E-state index contributed by atoms with van der Waals surface area (Å²) >= 11 is 0. The van der Waals surface area contributed by atoms with Gasteiger partial charge < -0.3 is 14.5 Å². The van der Waals surface area contributed by atoms with Gasteiger partial charge in [-0.3, -0.25) is 9.59 Å². The van der Waals surface area contributed by atoms with E-state index in [0.29, 0.717) is 11.5 Å². The van der Waals surface area contributed by atoms with E-state index in [0.717, 1.165) is 67.5 Å². The number of hydrogen-bond acceptors (Lipinski definition) is 5. The summed E-state index contributed by atoms with van der Waals surface area (Å²) < 4.78 is 11.4. The molecule has 4 rings (SSSR count). The molecule has 1 heterocycles. The van der Waals surface area contributed by atoms with Crippen molar-refractivity contribution in [3.63, 3.8) is 0 Å². The molecule has 1 fully saturated rings. The highest BCUT2D eigenvalue weighted by atomic mass is 16.5. The summed E-state index contributed by atoms with van der Waals surface area (Å²) in [4.78, 5) is 25.0. The van der Waals surface area contributed by atoms with E-state index in [-0.39, 0.29) is 24.5 Å². The summed E-state index contributed by atoms with van der Waals surface area (Å²) in [7, 11) is 0. The maximum absolute atomic E-state index is 12.8. The van der Waals surface area contributed by atoms with Crippen LogP contribution in [-0.4, -0.2) is 30.2 Å². The molecule has 1 saturated carbocycles. The number of benzene rings is 1. The van der Waals surface area contributed by atoms with Gasteiger partial charge in [0, 0.05) is 23.6 Å². The lowest BCUT2D eigenvalue weighted by Crippen LogP contribution is -2.36. The molecule has 2 aromatic rings. The number of furan rings is 1. The SMILES string of the molecule is Cc1c(C(=O)NC2CCCCC2)oc2c1/C(=N/NC(=O)COc1ccccc1)CCC2. The number of ether oxygens (including phenoxy) is 1. The van der Waals surface area contributed by atoms with Gasteiger partial charge in [-0.2, -0.15) is 5.10 Å². The van der Waals surface area contributed by atoms with Gasteiger partial charge in [0.2, 0.25) is 0 Å². The first-order valence-electron chi connectivity index (χ1n) is 11.1. The lowest BCUT2D eigenvalue weighted by molar-refractivity contribution is -0.123. The normalized spacial score (nSPS) is 17.8. The van der Waals surface area contributed by atoms with Gasteiger partial charge in [0.1, 0.15) is 11.5 Å². The standard InChI is InChI=1S/C24H29N3O4/c1-16-22-19(26-27-21(28)15-30-18-11-6-3-7-12-18)13-8-14-20(22)31-23(16)24(29)25-17-9-4-2-5-10-17/h3,6-7,11-12,17H,2,4-5,8-10,13-15H2,1H3,(H,25,29)(H,27,28)/b26-19+. The highest BCUT2D eigenvalue weighted by Gasteiger charge is 2.29. The molecule has 0 spiro atoms. The monoisotopic (exact) mass is 423 g/mol. The Kier molecular flexibility index (Phi) is 6.70. The van der Waals surface area contributed by atoms with Crippen LogP contribution in [0.5, 0.6) is 5.75 Å². The van der Waals surface area contributed by atoms with Crippen LogP contribution in [0.2, 0.25) is 0 Å². The zero-order valence-corrected chi connectivity index (χ0v) is 17.9. The predicted molar refractivity (Wildman–Crippen MR) is 117 cm³/mol. The molecule has 31 heavy (non-hydrogen) atoms. The fourth-order valence-electron chi connectivity index (χ4n) is 4.32. The molecule has 2 aliphatic rings. The molecule has 2 N–H and O–H groups in total. The minimum absolute atomic E-state index is 0.118. The van der Waals surface area contributed by atoms with Gasteiger partial charge in [0.05, 0.1) is 5.71 Å². The predicted octanol–water partition coefficient (Wildman–Crippen LogP) is 3.89. The third-order valence-corrected chi connectivity index (χ3v) is 5.90. The average molecular weight is 424 g/mol. The van der Waals surface area contributed by atoms with Crippen LogP contribution >= 0.6 is 0 Å². The molecule has 2 amide bonds. The maximum atomic E-state index is 12.8. The maximum Gasteiger partial charge on any atom is 0.287 e. The van der Waals surface area contributed by atoms with Crippen LogP contribution in [0.3, 0.4) is 0 Å². The van der Waals surface area contributed by atoms with Gasteiger partial charge >= 0.3 is 0 Å². The number of nitrogens with zero attached hydrogens (tertiary/aromatic N) is 1. The summed E-state index contributed by atoms with van der Waals surface area (Å²) in [5.41, 5.74) is 4.96. The number of carbonyl (C=O) groups is 2. The minimum atomic E-state index is -0.333. The molecule has 0 unspecified atom stereocenters. The van der Waals surface area contributed by atoms with E-state index in [4.69, 9.17) is 9.15 Å². The van der Waals surface area contributed by atoms with Crippen LogP contribution in [0, 0.1) is 6.92 Å². The lowest BCUT2D eigenvalue weighted by atomic mass is 9.93. The Balaban J connectivity index is 1.42. The number of fused-ring (bicyclic) bond motifs is 1. The Labute approximate surface area is 182 Å². The van der Waals surface area contributed by atoms with Crippen LogP contribution in [0.4, 0.5) is 0 Å². The second-order valence-electron chi connectivity index (χ2n) is 8.21. The first-order chi connectivity index (χ1) is 15.1. The second kappa shape index (κ2) is 9.81. The van der Waals surface area contributed by atoms with Crippen molar-refractivity contribution < 1.29 is 18.7 Å². The van der Waals surface area contributed by atoms with Crippen molar-refractivity contribution >= 4 is 17.5 Å². The van der Waals surface area contributed by atoms with E-state index in [9.17, 15) is 9.59 Å². The number of aryl methyl sites for hydroxylation is 1. The van der Waals surface area contributed by atoms with Crippen LogP contribution in [0.25, 0.3) is 0 Å². The molecule has 0 bridgehead atoms. The number of carbonyl (C=O) groups excluding carboxylic acids is 2. The number of para-hydroxylation sites is 1.